The minimum absolute atomic E-state index is 0.109. The molecule has 0 bridgehead atoms. The van der Waals surface area contributed by atoms with Crippen molar-refractivity contribution in [2.45, 2.75) is 0 Å². The van der Waals surface area contributed by atoms with Gasteiger partial charge in [0.1, 0.15) is 0 Å². The summed E-state index contributed by atoms with van der Waals surface area (Å²) < 4.78 is 32.2. The van der Waals surface area contributed by atoms with Crippen molar-refractivity contribution in [2.75, 3.05) is 44.9 Å². The first-order valence-corrected chi connectivity index (χ1v) is 15.4. The molecule has 2 aromatic heterocycles. The second kappa shape index (κ2) is 11.3. The third-order valence-corrected chi connectivity index (χ3v) is 8.57. The number of fused-ring (bicyclic) bond motifs is 2. The molecule has 12 heteroatoms. The Kier molecular flexibility index (Phi) is 7.80. The Balaban J connectivity index is 1.63. The van der Waals surface area contributed by atoms with Crippen molar-refractivity contribution >= 4 is 65.5 Å². The van der Waals surface area contributed by atoms with Gasteiger partial charge in [0, 0.05) is 29.6 Å². The number of hydrogen-bond donors (Lipinski definition) is 2. The normalized spacial score (nSPS) is 12.4. The summed E-state index contributed by atoms with van der Waals surface area (Å²) in [5.41, 5.74) is 6.21. The number of nitrogens with zero attached hydrogens (tertiary/aromatic N) is 4. The fourth-order valence-electron chi connectivity index (χ4n) is 4.54. The van der Waals surface area contributed by atoms with Gasteiger partial charge in [0.2, 0.25) is 10.0 Å². The average molecular weight is 592 g/mol. The molecule has 10 nitrogen and oxygen atoms in total. The van der Waals surface area contributed by atoms with Crippen LogP contribution in [0.3, 0.4) is 0 Å². The van der Waals surface area contributed by atoms with Gasteiger partial charge in [-0.15, -0.1) is 11.3 Å². The number of esters is 1. The van der Waals surface area contributed by atoms with Crippen LogP contribution in [-0.4, -0.2) is 80.6 Å². The summed E-state index contributed by atoms with van der Waals surface area (Å²) >= 11 is 1.53. The van der Waals surface area contributed by atoms with Crippen LogP contribution in [0.1, 0.15) is 21.5 Å². The van der Waals surface area contributed by atoms with Crippen LogP contribution in [0.25, 0.3) is 21.1 Å². The summed E-state index contributed by atoms with van der Waals surface area (Å²) in [6.45, 7) is 0.873. The average Bonchev–Trinajstić information content (AvgIpc) is 3.53. The maximum Gasteiger partial charge on any atom is 0.337 e. The van der Waals surface area contributed by atoms with Gasteiger partial charge in [-0.05, 0) is 62.6 Å². The number of sulfonamides is 1. The highest BCUT2D eigenvalue weighted by Crippen LogP contribution is 2.33. The van der Waals surface area contributed by atoms with Crippen molar-refractivity contribution in [1.82, 2.24) is 14.9 Å². The number of carbonyl (C=O) groups excluding carboxylic acids is 1. The lowest BCUT2D eigenvalue weighted by atomic mass is 9.99. The van der Waals surface area contributed by atoms with E-state index >= 15 is 0 Å². The molecule has 41 heavy (non-hydrogen) atoms. The molecule has 0 saturated carbocycles. The van der Waals surface area contributed by atoms with Crippen molar-refractivity contribution in [3.05, 3.63) is 82.9 Å². The van der Waals surface area contributed by atoms with Crippen LogP contribution in [0.2, 0.25) is 0 Å². The van der Waals surface area contributed by atoms with Gasteiger partial charge in [-0.25, -0.2) is 23.2 Å². The lowest BCUT2D eigenvalue weighted by Crippen LogP contribution is -2.35. The van der Waals surface area contributed by atoms with E-state index in [0.29, 0.717) is 52.2 Å². The predicted molar refractivity (Wildman–Crippen MR) is 163 cm³/mol. The Labute approximate surface area is 241 Å². The second-order valence-electron chi connectivity index (χ2n) is 9.75. The van der Waals surface area contributed by atoms with E-state index in [9.17, 15) is 18.3 Å². The first-order chi connectivity index (χ1) is 19.5. The van der Waals surface area contributed by atoms with Gasteiger partial charge < -0.3 is 19.7 Å². The highest BCUT2D eigenvalue weighted by atomic mass is 32.2. The Morgan fingerprint density at radius 3 is 2.46 bits per heavy atom. The minimum atomic E-state index is -3.49. The zero-order valence-electron chi connectivity index (χ0n) is 23.0. The van der Waals surface area contributed by atoms with E-state index in [1.165, 1.54) is 29.0 Å². The van der Waals surface area contributed by atoms with Crippen molar-refractivity contribution in [2.24, 2.45) is 4.99 Å². The van der Waals surface area contributed by atoms with Gasteiger partial charge in [0.05, 0.1) is 57.3 Å². The molecule has 0 unspecified atom stereocenters. The number of H-pyrrole nitrogens is 1. The molecule has 0 spiro atoms. The van der Waals surface area contributed by atoms with E-state index in [-0.39, 0.29) is 5.88 Å². The molecule has 0 aliphatic carbocycles. The second-order valence-corrected chi connectivity index (χ2v) is 12.5. The first kappa shape index (κ1) is 28.3. The number of carbonyl (C=O) groups is 1. The Morgan fingerprint density at radius 1 is 1.05 bits per heavy atom. The number of benzene rings is 3. The predicted octanol–water partition coefficient (Wildman–Crippen LogP) is 4.77. The largest absolute Gasteiger partial charge is 0.494 e. The molecule has 5 rings (SSSR count). The van der Waals surface area contributed by atoms with E-state index in [0.717, 1.165) is 15.8 Å². The molecule has 0 aliphatic rings. The molecule has 0 saturated heterocycles. The van der Waals surface area contributed by atoms with Crippen LogP contribution in [0.15, 0.2) is 71.2 Å². The van der Waals surface area contributed by atoms with Crippen molar-refractivity contribution < 1.29 is 23.1 Å². The number of rotatable bonds is 9. The van der Waals surface area contributed by atoms with Gasteiger partial charge in [-0.1, -0.05) is 12.1 Å². The van der Waals surface area contributed by atoms with Crippen LogP contribution >= 0.6 is 11.3 Å². The summed E-state index contributed by atoms with van der Waals surface area (Å²) in [7, 11) is 1.60. The summed E-state index contributed by atoms with van der Waals surface area (Å²) in [5, 5.41) is 11.7. The third-order valence-electron chi connectivity index (χ3n) is 6.57. The molecular weight excluding hydrogens is 562 g/mol. The van der Waals surface area contributed by atoms with Crippen LogP contribution in [0.4, 0.5) is 11.4 Å². The quantitative estimate of drug-likeness (QED) is 0.187. The SMILES string of the molecule is COC(=O)c1ccc2c(C(=Nc3ccc(N(CCN(C)C)S(C)(=O)=O)cc3)c3ccc4scnc4c3)c(O)[nH]c2c1. The standard InChI is InChI=1S/C29H29N5O5S2/c1-33(2)13-14-34(41(4,37)38)21-9-7-20(8-10-21)31-27(18-6-12-25-24(15-18)30-17-40-25)26-22-11-5-19(29(36)39-3)16-23(22)32-28(26)35/h5-12,15-17,32,35H,13-14H2,1-4H3. The van der Waals surface area contributed by atoms with Crippen LogP contribution < -0.4 is 4.31 Å². The summed E-state index contributed by atoms with van der Waals surface area (Å²) in [6, 6.07) is 17.7. The number of anilines is 1. The Hall–Kier alpha value is -4.26. The van der Waals surface area contributed by atoms with Crippen LogP contribution in [0, 0.1) is 0 Å². The number of hydrogen-bond acceptors (Lipinski definition) is 9. The fraction of sp³-hybridized carbons (Fsp3) is 0.207. The first-order valence-electron chi connectivity index (χ1n) is 12.6. The minimum Gasteiger partial charge on any atom is -0.494 e. The van der Waals surface area contributed by atoms with Crippen LogP contribution in [0.5, 0.6) is 5.88 Å². The summed E-state index contributed by atoms with van der Waals surface area (Å²) in [5.74, 6) is -0.595. The van der Waals surface area contributed by atoms with E-state index in [1.54, 1.807) is 48.0 Å². The van der Waals surface area contributed by atoms with Crippen molar-refractivity contribution in [3.63, 3.8) is 0 Å². The van der Waals surface area contributed by atoms with E-state index < -0.39 is 16.0 Å². The van der Waals surface area contributed by atoms with Gasteiger partial charge in [0.25, 0.3) is 0 Å². The molecular formula is C29H29N5O5S2. The number of ether oxygens (including phenoxy) is 1. The molecule has 0 atom stereocenters. The van der Waals surface area contributed by atoms with E-state index in [2.05, 4.69) is 9.97 Å². The highest BCUT2D eigenvalue weighted by Gasteiger charge is 2.21. The summed E-state index contributed by atoms with van der Waals surface area (Å²) in [4.78, 5) is 26.3. The molecule has 2 N–H and O–H groups in total. The maximum absolute atomic E-state index is 12.5. The zero-order chi connectivity index (χ0) is 29.3. The van der Waals surface area contributed by atoms with E-state index in [1.807, 2.05) is 37.2 Å². The smallest absolute Gasteiger partial charge is 0.337 e. The van der Waals surface area contributed by atoms with Crippen LogP contribution in [-0.2, 0) is 14.8 Å². The molecule has 0 aliphatic heterocycles. The number of nitrogens with one attached hydrogen (secondary N) is 1. The number of aliphatic imine (C=N–C) groups is 1. The fourth-order valence-corrected chi connectivity index (χ4v) is 6.11. The Morgan fingerprint density at radius 2 is 1.78 bits per heavy atom. The lowest BCUT2D eigenvalue weighted by molar-refractivity contribution is 0.0601. The van der Waals surface area contributed by atoms with Gasteiger partial charge in [-0.2, -0.15) is 0 Å². The zero-order valence-corrected chi connectivity index (χ0v) is 24.6. The monoisotopic (exact) mass is 591 g/mol. The molecule has 212 valence electrons. The number of methoxy groups -OCH3 is 1. The molecule has 0 radical (unpaired) electrons. The highest BCUT2D eigenvalue weighted by molar-refractivity contribution is 7.92. The molecule has 5 aromatic rings. The number of likely N-dealkylation sites (N-methyl/N-ethyl adjacent to an activating group) is 1. The lowest BCUT2D eigenvalue weighted by Gasteiger charge is -2.24. The van der Waals surface area contributed by atoms with Gasteiger partial charge in [-0.3, -0.25) is 4.31 Å². The Bertz CT molecular complexity index is 1880. The number of thiazole rings is 1. The van der Waals surface area contributed by atoms with Gasteiger partial charge in [0.15, 0.2) is 5.88 Å². The van der Waals surface area contributed by atoms with Crippen molar-refractivity contribution in [3.8, 4) is 5.88 Å². The van der Waals surface area contributed by atoms with Crippen molar-refractivity contribution in [1.29, 1.82) is 0 Å². The topological polar surface area (TPSA) is 128 Å². The number of aromatic amines is 1. The molecule has 0 amide bonds. The third kappa shape index (κ3) is 5.94. The summed E-state index contributed by atoms with van der Waals surface area (Å²) in [6.07, 6.45) is 1.19. The maximum atomic E-state index is 12.5. The van der Waals surface area contributed by atoms with E-state index in [4.69, 9.17) is 9.73 Å². The molecule has 3 aromatic carbocycles. The number of aromatic nitrogens is 2. The molecule has 0 fully saturated rings. The molecule has 2 heterocycles. The number of aromatic hydroxyl groups is 1. The van der Waals surface area contributed by atoms with Gasteiger partial charge >= 0.3 is 5.97 Å².